The largest absolute Gasteiger partial charge is 0.469 e. The molecule has 1 aliphatic heterocycles. The quantitative estimate of drug-likeness (QED) is 0.582. The van der Waals surface area contributed by atoms with E-state index < -0.39 is 30.0 Å². The van der Waals surface area contributed by atoms with Crippen molar-refractivity contribution in [1.29, 1.82) is 0 Å². The van der Waals surface area contributed by atoms with Crippen LogP contribution in [0.2, 0.25) is 10.0 Å². The van der Waals surface area contributed by atoms with Crippen molar-refractivity contribution >= 4 is 62.7 Å². The van der Waals surface area contributed by atoms with Crippen molar-refractivity contribution in [3.63, 3.8) is 0 Å². The molecule has 0 saturated heterocycles. The van der Waals surface area contributed by atoms with Gasteiger partial charge < -0.3 is 14.2 Å². The van der Waals surface area contributed by atoms with Gasteiger partial charge in [-0.3, -0.25) is 14.5 Å². The van der Waals surface area contributed by atoms with Crippen LogP contribution in [0.1, 0.15) is 16.8 Å². The highest BCUT2D eigenvalue weighted by atomic mass is 79.9. The van der Waals surface area contributed by atoms with Crippen molar-refractivity contribution in [3.05, 3.63) is 56.5 Å². The van der Waals surface area contributed by atoms with E-state index in [1.165, 1.54) is 24.3 Å². The van der Waals surface area contributed by atoms with Crippen molar-refractivity contribution in [3.8, 4) is 5.75 Å². The molecule has 3 rings (SSSR count). The Morgan fingerprint density at radius 1 is 1.17 bits per heavy atom. The third-order valence-corrected chi connectivity index (χ3v) is 5.61. The van der Waals surface area contributed by atoms with Crippen LogP contribution in [-0.2, 0) is 19.1 Å². The Bertz CT molecular complexity index is 1010. The predicted octanol–water partition coefficient (Wildman–Crippen LogP) is 4.23. The van der Waals surface area contributed by atoms with Crippen LogP contribution in [0.5, 0.6) is 5.75 Å². The van der Waals surface area contributed by atoms with Crippen LogP contribution in [0.4, 0.5) is 5.69 Å². The number of hydrogen-bond acceptors (Lipinski definition) is 6. The number of esters is 2. The Morgan fingerprint density at radius 3 is 2.55 bits per heavy atom. The molecule has 0 spiro atoms. The highest BCUT2D eigenvalue weighted by Gasteiger charge is 2.57. The second-order valence-corrected chi connectivity index (χ2v) is 7.69. The highest BCUT2D eigenvalue weighted by Crippen LogP contribution is 2.44. The van der Waals surface area contributed by atoms with Crippen molar-refractivity contribution < 1.29 is 28.6 Å². The SMILES string of the molecule is COC(=O)C[C@@]1(C(=O)OC)Oc2ccc(Br)cc2C(=O)N1c1cccc(Cl)c1Cl. The normalized spacial score (nSPS) is 18.0. The number of nitrogens with zero attached hydrogens (tertiary/aromatic N) is 1. The van der Waals surface area contributed by atoms with Gasteiger partial charge in [0, 0.05) is 4.47 Å². The number of ether oxygens (including phenoxy) is 3. The minimum absolute atomic E-state index is 0.00251. The Balaban J connectivity index is 2.33. The fourth-order valence-electron chi connectivity index (χ4n) is 2.99. The monoisotopic (exact) mass is 501 g/mol. The molecule has 0 saturated carbocycles. The summed E-state index contributed by atoms with van der Waals surface area (Å²) in [5.74, 6) is -2.32. The van der Waals surface area contributed by atoms with E-state index in [4.69, 9.17) is 37.4 Å². The molecule has 0 aromatic heterocycles. The number of carbonyl (C=O) groups is 3. The number of fused-ring (bicyclic) bond motifs is 1. The molecule has 0 unspecified atom stereocenters. The number of rotatable bonds is 4. The topological polar surface area (TPSA) is 82.1 Å². The first kappa shape index (κ1) is 21.4. The average molecular weight is 503 g/mol. The lowest BCUT2D eigenvalue weighted by atomic mass is 9.99. The third kappa shape index (κ3) is 3.68. The standard InChI is InChI=1S/C19H14BrCl2NO6/c1-27-15(24)9-19(18(26)28-2)23(13-5-3-4-12(21)16(13)22)17(25)11-8-10(20)6-7-14(11)29-19/h3-8H,9H2,1-2H3/t19-/m0/s1. The number of benzene rings is 2. The number of hydrogen-bond donors (Lipinski definition) is 0. The van der Waals surface area contributed by atoms with E-state index in [2.05, 4.69) is 15.9 Å². The summed E-state index contributed by atoms with van der Waals surface area (Å²) in [6.07, 6.45) is -0.639. The van der Waals surface area contributed by atoms with Gasteiger partial charge in [0.15, 0.2) is 0 Å². The van der Waals surface area contributed by atoms with Crippen LogP contribution >= 0.6 is 39.1 Å². The molecule has 2 aromatic rings. The van der Waals surface area contributed by atoms with Gasteiger partial charge in [-0.1, -0.05) is 45.2 Å². The molecule has 0 radical (unpaired) electrons. The first-order chi connectivity index (χ1) is 13.7. The Kier molecular flexibility index (Phi) is 6.07. The molecule has 1 heterocycles. The van der Waals surface area contributed by atoms with Gasteiger partial charge in [-0.05, 0) is 30.3 Å². The minimum atomic E-state index is -2.19. The maximum absolute atomic E-state index is 13.5. The molecule has 1 aliphatic rings. The second kappa shape index (κ2) is 8.22. The van der Waals surface area contributed by atoms with E-state index in [0.717, 1.165) is 19.1 Å². The lowest BCUT2D eigenvalue weighted by Crippen LogP contribution is -2.65. The summed E-state index contributed by atoms with van der Waals surface area (Å²) in [7, 11) is 2.27. The summed E-state index contributed by atoms with van der Waals surface area (Å²) in [6.45, 7) is 0. The Morgan fingerprint density at radius 2 is 1.90 bits per heavy atom. The molecule has 0 aliphatic carbocycles. The van der Waals surface area contributed by atoms with Gasteiger partial charge in [0.25, 0.3) is 11.6 Å². The van der Waals surface area contributed by atoms with E-state index in [1.54, 1.807) is 12.1 Å². The smallest absolute Gasteiger partial charge is 0.373 e. The maximum Gasteiger partial charge on any atom is 0.373 e. The Hall–Kier alpha value is -2.29. The zero-order valence-corrected chi connectivity index (χ0v) is 18.3. The molecule has 29 heavy (non-hydrogen) atoms. The van der Waals surface area contributed by atoms with Gasteiger partial charge in [0.2, 0.25) is 0 Å². The van der Waals surface area contributed by atoms with Crippen LogP contribution in [0, 0.1) is 0 Å². The van der Waals surface area contributed by atoms with Gasteiger partial charge in [-0.25, -0.2) is 4.79 Å². The molecule has 2 aromatic carbocycles. The van der Waals surface area contributed by atoms with Crippen LogP contribution in [0.15, 0.2) is 40.9 Å². The molecule has 0 bridgehead atoms. The van der Waals surface area contributed by atoms with Gasteiger partial charge in [-0.2, -0.15) is 0 Å². The number of halogens is 3. The first-order valence-corrected chi connectivity index (χ1v) is 9.72. The zero-order chi connectivity index (χ0) is 21.3. The molecular weight excluding hydrogens is 489 g/mol. The van der Waals surface area contributed by atoms with Crippen LogP contribution < -0.4 is 9.64 Å². The molecule has 1 atom stereocenters. The van der Waals surface area contributed by atoms with E-state index in [1.807, 2.05) is 0 Å². The fourth-order valence-corrected chi connectivity index (χ4v) is 3.73. The van der Waals surface area contributed by atoms with Gasteiger partial charge in [0.1, 0.15) is 12.2 Å². The molecule has 152 valence electrons. The average Bonchev–Trinajstić information content (AvgIpc) is 2.70. The number of carbonyl (C=O) groups excluding carboxylic acids is 3. The summed E-state index contributed by atoms with van der Waals surface area (Å²) in [4.78, 5) is 39.6. The van der Waals surface area contributed by atoms with Crippen LogP contribution in [0.25, 0.3) is 0 Å². The molecule has 7 nitrogen and oxygen atoms in total. The number of amides is 1. The summed E-state index contributed by atoms with van der Waals surface area (Å²) < 4.78 is 16.2. The van der Waals surface area contributed by atoms with E-state index >= 15 is 0 Å². The maximum atomic E-state index is 13.5. The van der Waals surface area contributed by atoms with E-state index in [-0.39, 0.29) is 27.0 Å². The lowest BCUT2D eigenvalue weighted by molar-refractivity contribution is -0.166. The van der Waals surface area contributed by atoms with E-state index in [9.17, 15) is 14.4 Å². The molecule has 1 amide bonds. The summed E-state index contributed by atoms with van der Waals surface area (Å²) in [5, 5.41) is 0.150. The summed E-state index contributed by atoms with van der Waals surface area (Å²) in [5.41, 5.74) is -1.96. The van der Waals surface area contributed by atoms with Crippen LogP contribution in [-0.4, -0.2) is 37.8 Å². The summed E-state index contributed by atoms with van der Waals surface area (Å²) >= 11 is 15.8. The molecular formula is C19H14BrCl2NO6. The number of methoxy groups -OCH3 is 2. The molecule has 0 fully saturated rings. The second-order valence-electron chi connectivity index (χ2n) is 5.98. The first-order valence-electron chi connectivity index (χ1n) is 8.17. The van der Waals surface area contributed by atoms with Crippen LogP contribution in [0.3, 0.4) is 0 Å². The molecule has 10 heteroatoms. The van der Waals surface area contributed by atoms with Crippen molar-refractivity contribution in [2.75, 3.05) is 19.1 Å². The highest BCUT2D eigenvalue weighted by molar-refractivity contribution is 9.10. The predicted molar refractivity (Wildman–Crippen MR) is 109 cm³/mol. The molecule has 0 N–H and O–H groups in total. The minimum Gasteiger partial charge on any atom is -0.469 e. The zero-order valence-electron chi connectivity index (χ0n) is 15.2. The fraction of sp³-hybridized carbons (Fsp3) is 0.211. The number of anilines is 1. The van der Waals surface area contributed by atoms with Crippen molar-refractivity contribution in [1.82, 2.24) is 0 Å². The van der Waals surface area contributed by atoms with Gasteiger partial charge in [0.05, 0.1) is 35.5 Å². The van der Waals surface area contributed by atoms with Gasteiger partial charge in [-0.15, -0.1) is 0 Å². The summed E-state index contributed by atoms with van der Waals surface area (Å²) in [6, 6.07) is 9.22. The van der Waals surface area contributed by atoms with Crippen molar-refractivity contribution in [2.45, 2.75) is 12.1 Å². The van der Waals surface area contributed by atoms with Gasteiger partial charge >= 0.3 is 11.9 Å². The third-order valence-electron chi connectivity index (χ3n) is 4.30. The lowest BCUT2D eigenvalue weighted by Gasteiger charge is -2.44. The Labute approximate surface area is 184 Å². The van der Waals surface area contributed by atoms with Crippen molar-refractivity contribution in [2.24, 2.45) is 0 Å². The van der Waals surface area contributed by atoms with E-state index in [0.29, 0.717) is 4.47 Å².